The van der Waals surface area contributed by atoms with Crippen molar-refractivity contribution in [2.45, 2.75) is 39.8 Å². The van der Waals surface area contributed by atoms with Gasteiger partial charge in [-0.15, -0.1) is 0 Å². The summed E-state index contributed by atoms with van der Waals surface area (Å²) in [5.74, 6) is -0.305. The summed E-state index contributed by atoms with van der Waals surface area (Å²) in [5.41, 5.74) is 0.380. The van der Waals surface area contributed by atoms with Crippen LogP contribution in [0.15, 0.2) is 18.2 Å². The Kier molecular flexibility index (Phi) is 4.97. The van der Waals surface area contributed by atoms with Crippen LogP contribution in [0.4, 0.5) is 18.9 Å². The van der Waals surface area contributed by atoms with E-state index >= 15 is 0 Å². The Morgan fingerprint density at radius 2 is 1.89 bits per heavy atom. The average molecular weight is 273 g/mol. The summed E-state index contributed by atoms with van der Waals surface area (Å²) in [6.07, 6.45) is -3.28. The first-order valence-electron chi connectivity index (χ1n) is 6.39. The minimum Gasteiger partial charge on any atom is -0.326 e. The predicted molar refractivity (Wildman–Crippen MR) is 68.9 cm³/mol. The van der Waals surface area contributed by atoms with E-state index in [1.807, 2.05) is 13.8 Å². The highest BCUT2D eigenvalue weighted by molar-refractivity contribution is 5.93. The van der Waals surface area contributed by atoms with E-state index in [1.165, 1.54) is 6.07 Å². The summed E-state index contributed by atoms with van der Waals surface area (Å²) in [6, 6.07) is 3.44. The number of hydrogen-bond acceptors (Lipinski definition) is 1. The number of carbonyl (C=O) groups is 1. The Hall–Kier alpha value is -1.52. The van der Waals surface area contributed by atoms with Gasteiger partial charge in [0.25, 0.3) is 0 Å². The molecule has 0 bridgehead atoms. The highest BCUT2D eigenvalue weighted by Gasteiger charge is 2.31. The number of aryl methyl sites for hydroxylation is 1. The molecule has 1 aliphatic heterocycles. The van der Waals surface area contributed by atoms with Gasteiger partial charge in [-0.25, -0.2) is 0 Å². The third-order valence-electron chi connectivity index (χ3n) is 2.98. The quantitative estimate of drug-likeness (QED) is 0.752. The molecule has 0 aromatic heterocycles. The molecule has 0 aliphatic carbocycles. The van der Waals surface area contributed by atoms with E-state index in [4.69, 9.17) is 0 Å². The maximum absolute atomic E-state index is 12.5. The average Bonchev–Trinajstić information content (AvgIpc) is 2.51. The molecule has 0 saturated heterocycles. The van der Waals surface area contributed by atoms with E-state index in [1.54, 1.807) is 6.92 Å². The monoisotopic (exact) mass is 273 g/mol. The van der Waals surface area contributed by atoms with Gasteiger partial charge in [-0.2, -0.15) is 13.2 Å². The van der Waals surface area contributed by atoms with Crippen LogP contribution >= 0.6 is 0 Å². The number of anilines is 1. The Bertz CT molecular complexity index is 454. The number of nitrogens with one attached hydrogen (secondary N) is 1. The zero-order valence-corrected chi connectivity index (χ0v) is 11.3. The van der Waals surface area contributed by atoms with Gasteiger partial charge in [0.15, 0.2) is 0 Å². The Morgan fingerprint density at radius 1 is 1.26 bits per heavy atom. The van der Waals surface area contributed by atoms with Crippen LogP contribution in [0.2, 0.25) is 0 Å². The van der Waals surface area contributed by atoms with Gasteiger partial charge in [-0.1, -0.05) is 20.8 Å². The number of hydrogen-bond donors (Lipinski definition) is 1. The van der Waals surface area contributed by atoms with Crippen LogP contribution in [0.1, 0.15) is 38.3 Å². The second-order valence-corrected chi connectivity index (χ2v) is 4.30. The topological polar surface area (TPSA) is 29.1 Å². The molecule has 1 aromatic carbocycles. The number of alkyl halides is 3. The normalized spacial score (nSPS) is 18.6. The second-order valence-electron chi connectivity index (χ2n) is 4.30. The molecule has 1 unspecified atom stereocenters. The minimum absolute atomic E-state index is 0.136. The largest absolute Gasteiger partial charge is 0.416 e. The zero-order valence-electron chi connectivity index (χ0n) is 11.3. The van der Waals surface area contributed by atoms with Crippen molar-refractivity contribution in [1.82, 2.24) is 0 Å². The van der Waals surface area contributed by atoms with Crippen molar-refractivity contribution >= 4 is 11.6 Å². The highest BCUT2D eigenvalue weighted by atomic mass is 19.4. The summed E-state index contributed by atoms with van der Waals surface area (Å²) in [5, 5.41) is 2.64. The standard InChI is InChI=1S/C12H12F3NO.C2H6/c1-7-2-3-8-6-9(12(13,14)15)4-5-10(8)16-11(7)17;1-2/h4-7H,2-3H2,1H3,(H,16,17);1-2H3. The van der Waals surface area contributed by atoms with Gasteiger partial charge in [0.2, 0.25) is 5.91 Å². The lowest BCUT2D eigenvalue weighted by atomic mass is 10.0. The van der Waals surface area contributed by atoms with Crippen LogP contribution in [0, 0.1) is 5.92 Å². The fraction of sp³-hybridized carbons (Fsp3) is 0.500. The number of amides is 1. The number of fused-ring (bicyclic) bond motifs is 1. The summed E-state index contributed by atoms with van der Waals surface area (Å²) in [4.78, 5) is 11.5. The molecule has 1 heterocycles. The highest BCUT2D eigenvalue weighted by Crippen LogP contribution is 2.33. The molecule has 1 atom stereocenters. The van der Waals surface area contributed by atoms with E-state index in [9.17, 15) is 18.0 Å². The Balaban J connectivity index is 0.000000861. The summed E-state index contributed by atoms with van der Waals surface area (Å²) >= 11 is 0. The van der Waals surface area contributed by atoms with Crippen LogP contribution in [-0.2, 0) is 17.4 Å². The Morgan fingerprint density at radius 3 is 2.47 bits per heavy atom. The molecule has 1 aliphatic rings. The van der Waals surface area contributed by atoms with Gasteiger partial charge in [-0.05, 0) is 36.6 Å². The van der Waals surface area contributed by atoms with Crippen molar-refractivity contribution in [3.8, 4) is 0 Å². The molecule has 0 fully saturated rings. The van der Waals surface area contributed by atoms with E-state index in [2.05, 4.69) is 5.32 Å². The van der Waals surface area contributed by atoms with Crippen LogP contribution in [-0.4, -0.2) is 5.91 Å². The number of rotatable bonds is 0. The molecule has 0 spiro atoms. The molecule has 1 amide bonds. The van der Waals surface area contributed by atoms with Crippen LogP contribution in [0.3, 0.4) is 0 Å². The molecular weight excluding hydrogens is 255 g/mol. The van der Waals surface area contributed by atoms with Gasteiger partial charge in [0, 0.05) is 11.6 Å². The first-order chi connectivity index (χ1) is 8.88. The molecule has 2 nitrogen and oxygen atoms in total. The lowest BCUT2D eigenvalue weighted by Crippen LogP contribution is -2.18. The molecule has 106 valence electrons. The summed E-state index contributed by atoms with van der Waals surface area (Å²) < 4.78 is 37.6. The van der Waals surface area contributed by atoms with Gasteiger partial charge in [0.05, 0.1) is 5.56 Å². The van der Waals surface area contributed by atoms with Gasteiger partial charge in [0.1, 0.15) is 0 Å². The molecule has 0 saturated carbocycles. The zero-order chi connectivity index (χ0) is 14.6. The van der Waals surface area contributed by atoms with Crippen LogP contribution < -0.4 is 5.32 Å². The van der Waals surface area contributed by atoms with Crippen molar-refractivity contribution in [2.24, 2.45) is 5.92 Å². The first kappa shape index (κ1) is 15.5. The van der Waals surface area contributed by atoms with Gasteiger partial charge in [-0.3, -0.25) is 4.79 Å². The van der Waals surface area contributed by atoms with Crippen LogP contribution in [0.25, 0.3) is 0 Å². The van der Waals surface area contributed by atoms with Crippen LogP contribution in [0.5, 0.6) is 0 Å². The number of carbonyl (C=O) groups excluding carboxylic acids is 1. The first-order valence-corrected chi connectivity index (χ1v) is 6.39. The van der Waals surface area contributed by atoms with E-state index in [-0.39, 0.29) is 11.8 Å². The fourth-order valence-corrected chi connectivity index (χ4v) is 1.86. The minimum atomic E-state index is -4.34. The van der Waals surface area contributed by atoms with E-state index in [0.29, 0.717) is 24.1 Å². The summed E-state index contributed by atoms with van der Waals surface area (Å²) in [7, 11) is 0. The van der Waals surface area contributed by atoms with Crippen molar-refractivity contribution in [3.63, 3.8) is 0 Å². The maximum Gasteiger partial charge on any atom is 0.416 e. The fourth-order valence-electron chi connectivity index (χ4n) is 1.86. The molecular formula is C14H18F3NO. The second kappa shape index (κ2) is 6.08. The maximum atomic E-state index is 12.5. The molecule has 19 heavy (non-hydrogen) atoms. The van der Waals surface area contributed by atoms with Crippen molar-refractivity contribution in [1.29, 1.82) is 0 Å². The van der Waals surface area contributed by atoms with Crippen molar-refractivity contribution in [3.05, 3.63) is 29.3 Å². The van der Waals surface area contributed by atoms with E-state index < -0.39 is 11.7 Å². The van der Waals surface area contributed by atoms with E-state index in [0.717, 1.165) is 12.1 Å². The van der Waals surface area contributed by atoms with Gasteiger partial charge >= 0.3 is 6.18 Å². The third-order valence-corrected chi connectivity index (χ3v) is 2.98. The lowest BCUT2D eigenvalue weighted by Gasteiger charge is -2.11. The number of benzene rings is 1. The molecule has 5 heteroatoms. The van der Waals surface area contributed by atoms with Gasteiger partial charge < -0.3 is 5.32 Å². The molecule has 0 radical (unpaired) electrons. The molecule has 1 N–H and O–H groups in total. The van der Waals surface area contributed by atoms with Crippen molar-refractivity contribution in [2.75, 3.05) is 5.32 Å². The summed E-state index contributed by atoms with van der Waals surface area (Å²) in [6.45, 7) is 5.77. The SMILES string of the molecule is CC.CC1CCc2cc(C(F)(F)F)ccc2NC1=O. The molecule has 2 rings (SSSR count). The number of halogens is 3. The van der Waals surface area contributed by atoms with Crippen molar-refractivity contribution < 1.29 is 18.0 Å². The predicted octanol–water partition coefficient (Wildman–Crippen LogP) is 4.25. The molecule has 1 aromatic rings. The third kappa shape index (κ3) is 3.72. The Labute approximate surface area is 111 Å². The smallest absolute Gasteiger partial charge is 0.326 e. The lowest BCUT2D eigenvalue weighted by molar-refractivity contribution is -0.137.